The fourth-order valence-corrected chi connectivity index (χ4v) is 13.4. The molecule has 3 unspecified atom stereocenters. The molecule has 7 heterocycles. The number of phenols is 1. The van der Waals surface area contributed by atoms with Gasteiger partial charge in [-0.3, -0.25) is 24.3 Å². The molecule has 0 saturated carbocycles. The van der Waals surface area contributed by atoms with Gasteiger partial charge in [-0.2, -0.15) is 9.97 Å². The summed E-state index contributed by atoms with van der Waals surface area (Å²) in [6.07, 6.45) is 18.5. The molecule has 83 heavy (non-hydrogen) atoms. The maximum absolute atomic E-state index is 17.2. The number of thiazole rings is 1. The fourth-order valence-electron chi connectivity index (χ4n) is 12.6. The number of carbonyl (C=O) groups excluding carboxylic acids is 3. The summed E-state index contributed by atoms with van der Waals surface area (Å²) in [7, 11) is 0. The Morgan fingerprint density at radius 2 is 1.64 bits per heavy atom. The second kappa shape index (κ2) is 26.0. The van der Waals surface area contributed by atoms with Crippen LogP contribution >= 0.6 is 11.3 Å². The molecule has 10 rings (SSSR count). The van der Waals surface area contributed by atoms with Gasteiger partial charge in [-0.1, -0.05) is 95.5 Å². The van der Waals surface area contributed by atoms with E-state index in [0.717, 1.165) is 105 Å². The number of piperidine rings is 1. The van der Waals surface area contributed by atoms with Gasteiger partial charge in [0.05, 0.1) is 39.2 Å². The summed E-state index contributed by atoms with van der Waals surface area (Å²) < 4.78 is 38.8. The molecular formula is C64H78F2N10O6S. The number of unbranched alkanes of at least 4 members (excludes halogenated alkanes) is 7. The van der Waals surface area contributed by atoms with Gasteiger partial charge < -0.3 is 40.7 Å². The van der Waals surface area contributed by atoms with E-state index in [0.29, 0.717) is 49.1 Å². The molecule has 0 spiro atoms. The Kier molecular flexibility index (Phi) is 18.6. The Hall–Kier alpha value is -6.85. The van der Waals surface area contributed by atoms with E-state index in [9.17, 15) is 24.6 Å². The zero-order valence-electron chi connectivity index (χ0n) is 48.4. The highest BCUT2D eigenvalue weighted by atomic mass is 32.1. The van der Waals surface area contributed by atoms with Gasteiger partial charge in [0.2, 0.25) is 17.7 Å². The molecule has 440 valence electrons. The average Bonchev–Trinajstić information content (AvgIpc) is 4.15. The summed E-state index contributed by atoms with van der Waals surface area (Å²) in [4.78, 5) is 67.0. The summed E-state index contributed by atoms with van der Waals surface area (Å²) in [6, 6.07) is 12.1. The van der Waals surface area contributed by atoms with Gasteiger partial charge in [-0.05, 0) is 106 Å². The highest BCUT2D eigenvalue weighted by Crippen LogP contribution is 2.40. The van der Waals surface area contributed by atoms with Crippen molar-refractivity contribution in [2.24, 2.45) is 5.41 Å². The molecule has 19 heteroatoms. The number of aliphatic hydroxyl groups excluding tert-OH is 1. The molecule has 3 aromatic carbocycles. The van der Waals surface area contributed by atoms with Crippen LogP contribution in [-0.2, 0) is 14.4 Å². The SMILES string of the molecule is C#Cc1c(F)ccc2cc(O)cc(-c3ncc4c(N5CC6CCC(C5)N6)nc(OC5CCCN(CCCCCCCCCCC(=O)N[C@H](C(=O)N6C[C@H](O)C[C@H]6C(=O)N[C@@H](C)c6ccc(-c7scnc7C)cc6)C(C)(C)C)C5)nc4c3F)c12. The zero-order valence-corrected chi connectivity index (χ0v) is 49.2. The van der Waals surface area contributed by atoms with Crippen LogP contribution < -0.4 is 25.6 Å². The number of pyridine rings is 1. The molecule has 2 bridgehead atoms. The van der Waals surface area contributed by atoms with Gasteiger partial charge in [0, 0.05) is 68.3 Å². The second-order valence-corrected chi connectivity index (χ2v) is 25.2. The number of halogens is 2. The lowest BCUT2D eigenvalue weighted by Crippen LogP contribution is -2.57. The standard InChI is InChI=1S/C64H78F2N10O6S/c1-7-48-51(65)26-23-42-29-45(77)30-49(54(42)48)56-55(66)57-50(32-67-56)60(75-33-43-24-25-44(34-75)70-43)73-63(72-57)82-47-17-16-28-74(36-47)27-15-13-11-9-8-10-12-14-18-53(79)71-59(64(4,5)6)62(81)76-35-46(78)31-52(76)61(80)69-38(2)40-19-21-41(22-20-40)58-39(3)68-37-83-58/h1,19-23,26,29-30,32,37-38,43-44,46-47,52,59,70,77-78H,8-18,24-25,27-28,31,33-36H2,2-6H3,(H,69,80)(H,71,79)/t38-,43?,44?,46+,47?,52-,59+/m0/s1. The summed E-state index contributed by atoms with van der Waals surface area (Å²) in [5.41, 5.74) is 4.14. The first-order valence-corrected chi connectivity index (χ1v) is 30.6. The molecule has 3 amide bonds. The van der Waals surface area contributed by atoms with E-state index < -0.39 is 35.2 Å². The summed E-state index contributed by atoms with van der Waals surface area (Å²) >= 11 is 1.58. The van der Waals surface area contributed by atoms with Crippen molar-refractivity contribution in [3.8, 4) is 45.8 Å². The second-order valence-electron chi connectivity index (χ2n) is 24.4. The number of aromatic hydroxyl groups is 1. The van der Waals surface area contributed by atoms with Crippen molar-refractivity contribution < 1.29 is 38.1 Å². The molecule has 7 atom stereocenters. The first-order chi connectivity index (χ1) is 39.9. The fraction of sp³-hybridized carbons (Fsp3) is 0.516. The average molecular weight is 1150 g/mol. The highest BCUT2D eigenvalue weighted by Gasteiger charge is 2.45. The van der Waals surface area contributed by atoms with E-state index in [2.05, 4.69) is 41.6 Å². The number of β-amino-alcohol motifs (C(OH)–C–C–N with tert-alkyl or cyclic N) is 1. The van der Waals surface area contributed by atoms with Crippen LogP contribution in [-0.4, -0.2) is 133 Å². The third-order valence-electron chi connectivity index (χ3n) is 17.0. The number of fused-ring (bicyclic) bond motifs is 4. The molecule has 4 fully saturated rings. The number of terminal acetylenes is 1. The van der Waals surface area contributed by atoms with Crippen molar-refractivity contribution in [3.63, 3.8) is 0 Å². The number of phenolic OH excluding ortho intramolecular Hbond substituents is 1. The Morgan fingerprint density at radius 3 is 2.34 bits per heavy atom. The zero-order chi connectivity index (χ0) is 58.5. The van der Waals surface area contributed by atoms with Gasteiger partial charge in [-0.25, -0.2) is 13.8 Å². The molecule has 4 aliphatic rings. The van der Waals surface area contributed by atoms with Gasteiger partial charge in [-0.15, -0.1) is 17.8 Å². The number of likely N-dealkylation sites (tertiary alicyclic amines) is 2. The van der Waals surface area contributed by atoms with Crippen LogP contribution in [0.1, 0.15) is 140 Å². The maximum atomic E-state index is 17.2. The number of amides is 3. The maximum Gasteiger partial charge on any atom is 0.319 e. The molecule has 4 saturated heterocycles. The number of hydrogen-bond donors (Lipinski definition) is 5. The van der Waals surface area contributed by atoms with Crippen molar-refractivity contribution in [1.29, 1.82) is 0 Å². The van der Waals surface area contributed by atoms with Crippen molar-refractivity contribution in [1.82, 2.24) is 45.7 Å². The number of benzene rings is 3. The largest absolute Gasteiger partial charge is 0.508 e. The third-order valence-corrected chi connectivity index (χ3v) is 18.0. The lowest BCUT2D eigenvalue weighted by Gasteiger charge is -2.35. The third kappa shape index (κ3) is 13.7. The first-order valence-electron chi connectivity index (χ1n) is 29.7. The number of aryl methyl sites for hydroxylation is 1. The van der Waals surface area contributed by atoms with E-state index >= 15 is 8.78 Å². The van der Waals surface area contributed by atoms with E-state index in [4.69, 9.17) is 21.1 Å². The van der Waals surface area contributed by atoms with E-state index in [1.54, 1.807) is 17.5 Å². The Balaban J connectivity index is 0.670. The minimum atomic E-state index is -0.873. The molecule has 5 N–H and O–H groups in total. The Bertz CT molecular complexity index is 3350. The first kappa shape index (κ1) is 59.3. The Labute approximate surface area is 489 Å². The summed E-state index contributed by atoms with van der Waals surface area (Å²) in [5.74, 6) is 0.531. The predicted molar refractivity (Wildman–Crippen MR) is 320 cm³/mol. The van der Waals surface area contributed by atoms with E-state index in [1.165, 1.54) is 29.2 Å². The minimum absolute atomic E-state index is 0.0164. The molecule has 0 radical (unpaired) electrons. The molecule has 3 aromatic heterocycles. The number of nitrogens with one attached hydrogen (secondary N) is 3. The smallest absolute Gasteiger partial charge is 0.319 e. The van der Waals surface area contributed by atoms with Crippen LogP contribution in [0.15, 0.2) is 60.2 Å². The van der Waals surface area contributed by atoms with Gasteiger partial charge in [0.1, 0.15) is 46.8 Å². The predicted octanol–water partition coefficient (Wildman–Crippen LogP) is 9.91. The molecule has 4 aliphatic heterocycles. The van der Waals surface area contributed by atoms with E-state index in [-0.39, 0.29) is 94.4 Å². The van der Waals surface area contributed by atoms with Crippen LogP contribution in [0.5, 0.6) is 11.8 Å². The number of nitrogens with zero attached hydrogens (tertiary/aromatic N) is 7. The van der Waals surface area contributed by atoms with Gasteiger partial charge >= 0.3 is 6.01 Å². The van der Waals surface area contributed by atoms with E-state index in [1.807, 2.05) is 64.4 Å². The number of ether oxygens (including phenoxy) is 1. The number of piperazine rings is 1. The van der Waals surface area contributed by atoms with Crippen LogP contribution in [0.3, 0.4) is 0 Å². The van der Waals surface area contributed by atoms with Crippen LogP contribution in [0.2, 0.25) is 0 Å². The lowest BCUT2D eigenvalue weighted by molar-refractivity contribution is -0.144. The number of carbonyl (C=O) groups is 3. The summed E-state index contributed by atoms with van der Waals surface area (Å²) in [6.45, 7) is 13.5. The Morgan fingerprint density at radius 1 is 0.916 bits per heavy atom. The number of anilines is 1. The molecule has 6 aromatic rings. The monoisotopic (exact) mass is 1150 g/mol. The molecule has 0 aliphatic carbocycles. The number of rotatable bonds is 21. The number of hydrogen-bond acceptors (Lipinski definition) is 14. The topological polar surface area (TPSA) is 198 Å². The normalized spacial score (nSPS) is 20.8. The van der Waals surface area contributed by atoms with Crippen LogP contribution in [0.4, 0.5) is 14.6 Å². The molecular weight excluding hydrogens is 1070 g/mol. The van der Waals surface area contributed by atoms with Crippen molar-refractivity contribution in [2.75, 3.05) is 44.2 Å². The van der Waals surface area contributed by atoms with Gasteiger partial charge in [0.25, 0.3) is 0 Å². The summed E-state index contributed by atoms with van der Waals surface area (Å²) in [5, 5.41) is 32.3. The van der Waals surface area contributed by atoms with Crippen molar-refractivity contribution in [3.05, 3.63) is 88.7 Å². The number of aliphatic hydroxyl groups is 1. The molecule has 16 nitrogen and oxygen atoms in total. The lowest BCUT2D eigenvalue weighted by atomic mass is 9.85. The number of aromatic nitrogens is 4. The quantitative estimate of drug-likeness (QED) is 0.0338. The highest BCUT2D eigenvalue weighted by molar-refractivity contribution is 7.13. The van der Waals surface area contributed by atoms with Gasteiger partial charge in [0.15, 0.2) is 5.82 Å². The van der Waals surface area contributed by atoms with Crippen molar-refractivity contribution in [2.45, 2.75) is 167 Å². The minimum Gasteiger partial charge on any atom is -0.508 e. The van der Waals surface area contributed by atoms with Crippen LogP contribution in [0.25, 0.3) is 43.4 Å². The van der Waals surface area contributed by atoms with Crippen molar-refractivity contribution >= 4 is 56.6 Å². The van der Waals surface area contributed by atoms with Crippen LogP contribution in [0, 0.1) is 36.3 Å².